The molecule has 0 atom stereocenters. The lowest BCUT2D eigenvalue weighted by atomic mass is 10.8. The van der Waals surface area contributed by atoms with E-state index in [1.807, 2.05) is 0 Å². The third-order valence-corrected chi connectivity index (χ3v) is 0. The van der Waals surface area contributed by atoms with Crippen molar-refractivity contribution in [3.63, 3.8) is 0 Å². The maximum absolute atomic E-state index is 0. The van der Waals surface area contributed by atoms with Crippen LogP contribution in [0.1, 0.15) is 0 Å². The largest absolute Gasteiger partial charge is 0 e. The van der Waals surface area contributed by atoms with Gasteiger partial charge in [0, 0.05) is 58.1 Å². The second-order valence-corrected chi connectivity index (χ2v) is 0. The molecule has 0 aliphatic heterocycles. The average molecular weight is 117 g/mol. The molecular weight excluding hydrogens is 117 g/mol. The first-order valence-electron chi connectivity index (χ1n) is 0. The molecule has 0 bridgehead atoms. The molecule has 6 heteroatoms. The highest BCUT2D eigenvalue weighted by Gasteiger charge is 0.00500. The molecule has 0 aliphatic carbocycles. The summed E-state index contributed by atoms with van der Waals surface area (Å²) in [7, 11) is 0. The zero-order chi connectivity index (χ0) is 0. The Bertz CT molecular complexity index is 6.00. The number of rotatable bonds is 0. The molecule has 0 saturated heterocycles. The van der Waals surface area contributed by atoms with Crippen LogP contribution in [0.4, 0.5) is 0 Å². The second kappa shape index (κ2) is 192. The minimum atomic E-state index is 0. The van der Waals surface area contributed by atoms with Crippen LogP contribution < -0.4 is 0 Å². The Kier molecular flexibility index (Phi) is 10500. The van der Waals surface area contributed by atoms with Gasteiger partial charge in [-0.1, -0.05) is 0 Å². The first-order valence-corrected chi connectivity index (χ1v) is 0. The lowest BCUT2D eigenvalue weighted by Gasteiger charge is -0.00100. The van der Waals surface area contributed by atoms with Gasteiger partial charge in [0.1, 0.15) is 0 Å². The monoisotopic (exact) mass is 117 g/mol. The zero-order valence-electron chi connectivity index (χ0n) is 3.23. The van der Waals surface area contributed by atoms with E-state index in [-0.39, 0.29) is 58.1 Å². The van der Waals surface area contributed by atoms with Gasteiger partial charge in [0.2, 0.25) is 0 Å². The molecule has 21 valence electrons. The molecule has 0 heterocycles. The van der Waals surface area contributed by atoms with Crippen molar-refractivity contribution in [3.05, 3.63) is 0 Å². The summed E-state index contributed by atoms with van der Waals surface area (Å²) in [6, 6.07) is 0. The Labute approximate surface area is 58.7 Å². The maximum atomic E-state index is 0. The summed E-state index contributed by atoms with van der Waals surface area (Å²) >= 11 is 0. The highest BCUT2D eigenvalue weighted by Crippen LogP contribution is -0.376. The van der Waals surface area contributed by atoms with Crippen LogP contribution in [0.25, 0.3) is 0 Å². The van der Waals surface area contributed by atoms with Gasteiger partial charge in [0.25, 0.3) is 0 Å². The zero-order valence-corrected chi connectivity index (χ0v) is 6.23. The Hall–Kier alpha value is 0.845. The van der Waals surface area contributed by atoms with Crippen LogP contribution in [-0.2, 0) is 0 Å². The summed E-state index contributed by atoms with van der Waals surface area (Å²) in [5.41, 5.74) is 0. The first-order chi connectivity index (χ1) is 0. The van der Waals surface area contributed by atoms with Gasteiger partial charge in [-0.15, -0.1) is 0 Å². The van der Waals surface area contributed by atoms with E-state index < -0.39 is 0 Å². The summed E-state index contributed by atoms with van der Waals surface area (Å²) in [4.78, 5) is 0. The Morgan fingerprint density at radius 1 is 0.333 bits per heavy atom. The molecule has 0 aromatic heterocycles. The Morgan fingerprint density at radius 2 is 0.333 bits per heavy atom. The second-order valence-electron chi connectivity index (χ2n) is 0. The van der Waals surface area contributed by atoms with Crippen molar-refractivity contribution < 1.29 is 0 Å². The highest BCUT2D eigenvalue weighted by atomic mass is 28.1. The SMILES string of the molecule is [B].[B].[B].[Si].[Si].[Si]. The quantitative estimate of drug-likeness (QED) is 0.313. The van der Waals surface area contributed by atoms with Crippen molar-refractivity contribution in [1.82, 2.24) is 0 Å². The Balaban J connectivity index is 0. The molecular formula is B3Si3. The highest BCUT2D eigenvalue weighted by molar-refractivity contribution is 5.76. The third-order valence-electron chi connectivity index (χ3n) is 0. The fraction of sp³-hybridized carbons (Fsp3) is 0. The molecule has 0 N–H and O–H groups in total. The molecule has 21 radical (unpaired) electrons. The minimum absolute atomic E-state index is 0. The van der Waals surface area contributed by atoms with E-state index in [2.05, 4.69) is 0 Å². The van der Waals surface area contributed by atoms with Crippen molar-refractivity contribution in [3.8, 4) is 0 Å². The topological polar surface area (TPSA) is 0 Å². The van der Waals surface area contributed by atoms with Gasteiger partial charge in [0.05, 0.1) is 0 Å². The molecule has 0 unspecified atom stereocenters. The van der Waals surface area contributed by atoms with Gasteiger partial charge < -0.3 is 0 Å². The van der Waals surface area contributed by atoms with E-state index in [1.54, 1.807) is 0 Å². The maximum Gasteiger partial charge on any atom is 0 e. The summed E-state index contributed by atoms with van der Waals surface area (Å²) < 4.78 is 0. The van der Waals surface area contributed by atoms with Gasteiger partial charge in [0.15, 0.2) is 0 Å². The fourth-order valence-electron chi connectivity index (χ4n) is 0. The summed E-state index contributed by atoms with van der Waals surface area (Å²) in [6.07, 6.45) is 0. The molecule has 6 heavy (non-hydrogen) atoms. The molecule has 0 fully saturated rings. The van der Waals surface area contributed by atoms with Crippen molar-refractivity contribution in [1.29, 1.82) is 0 Å². The standard InChI is InChI=1S/3B.3Si. The van der Waals surface area contributed by atoms with E-state index in [0.29, 0.717) is 0 Å². The lowest BCUT2D eigenvalue weighted by molar-refractivity contribution is 5.75. The van der Waals surface area contributed by atoms with Crippen LogP contribution in [-0.4, -0.2) is 58.1 Å². The minimum Gasteiger partial charge on any atom is 0 e. The van der Waals surface area contributed by atoms with Gasteiger partial charge in [-0.3, -0.25) is 0 Å². The van der Waals surface area contributed by atoms with E-state index in [4.69, 9.17) is 0 Å². The van der Waals surface area contributed by atoms with Crippen molar-refractivity contribution in [2.75, 3.05) is 0 Å². The summed E-state index contributed by atoms with van der Waals surface area (Å²) in [5.74, 6) is 0. The summed E-state index contributed by atoms with van der Waals surface area (Å²) in [6.45, 7) is 0. The van der Waals surface area contributed by atoms with Crippen LogP contribution in [0.5, 0.6) is 0 Å². The van der Waals surface area contributed by atoms with Gasteiger partial charge in [-0.25, -0.2) is 0 Å². The van der Waals surface area contributed by atoms with Gasteiger partial charge in [-0.05, 0) is 0 Å². The van der Waals surface area contributed by atoms with Gasteiger partial charge >= 0.3 is 0 Å². The average Bonchev–Trinajstić information content (AvgIpc) is 0. The molecule has 0 aliphatic rings. The number of hydrogen-bond donors (Lipinski definition) is 0. The lowest BCUT2D eigenvalue weighted by Crippen LogP contribution is -0.382. The van der Waals surface area contributed by atoms with Crippen LogP contribution in [0, 0.1) is 0 Å². The number of hydrogen-bond acceptors (Lipinski definition) is 0. The van der Waals surface area contributed by atoms with Crippen molar-refractivity contribution in [2.24, 2.45) is 0 Å². The predicted octanol–water partition coefficient (Wildman–Crippen LogP) is -2.28. The van der Waals surface area contributed by atoms with Gasteiger partial charge in [-0.2, -0.15) is 0 Å². The van der Waals surface area contributed by atoms with Crippen LogP contribution >= 0.6 is 0 Å². The van der Waals surface area contributed by atoms with E-state index >= 15 is 0 Å². The van der Waals surface area contributed by atoms with E-state index in [0.717, 1.165) is 0 Å². The van der Waals surface area contributed by atoms with Crippen molar-refractivity contribution >= 4 is 58.1 Å². The first kappa shape index (κ1) is 327. The molecule has 0 spiro atoms. The smallest absolute Gasteiger partial charge is 0 e. The molecule has 0 nitrogen and oxygen atoms in total. The van der Waals surface area contributed by atoms with Crippen LogP contribution in [0.2, 0.25) is 0 Å². The molecule has 0 rings (SSSR count). The molecule has 0 amide bonds. The van der Waals surface area contributed by atoms with E-state index in [9.17, 15) is 0 Å². The normalized spacial score (nSPS) is 0. The summed E-state index contributed by atoms with van der Waals surface area (Å²) in [5, 5.41) is 0. The third kappa shape index (κ3) is 100. The van der Waals surface area contributed by atoms with Crippen molar-refractivity contribution in [2.45, 2.75) is 0 Å². The van der Waals surface area contributed by atoms with Crippen LogP contribution in [0.3, 0.4) is 0 Å². The fourth-order valence-corrected chi connectivity index (χ4v) is 0. The van der Waals surface area contributed by atoms with E-state index in [1.165, 1.54) is 0 Å². The molecule has 0 aromatic carbocycles. The molecule has 0 aromatic rings. The predicted molar refractivity (Wildman–Crippen MR) is 34.5 cm³/mol. The molecule has 0 saturated carbocycles. The Morgan fingerprint density at radius 3 is 0.333 bits per heavy atom. The van der Waals surface area contributed by atoms with Crippen LogP contribution in [0.15, 0.2) is 0 Å².